The lowest BCUT2D eigenvalue weighted by Crippen LogP contribution is -2.39. The van der Waals surface area contributed by atoms with Crippen LogP contribution in [0.15, 0.2) is 36.4 Å². The number of aliphatic carboxylic acids is 1. The SMILES string of the molecule is O=C(O)[C@H]1[C@@H]2C=C[C@]3(CN(c4ccc(Cl)cc4)C(=O)[C@@H]13)O2. The zero-order chi connectivity index (χ0) is 14.8. The fourth-order valence-corrected chi connectivity index (χ4v) is 3.75. The summed E-state index contributed by atoms with van der Waals surface area (Å²) < 4.78 is 5.82. The van der Waals surface area contributed by atoms with Gasteiger partial charge in [0.15, 0.2) is 0 Å². The monoisotopic (exact) mass is 305 g/mol. The number of rotatable bonds is 2. The van der Waals surface area contributed by atoms with Crippen LogP contribution < -0.4 is 4.90 Å². The highest BCUT2D eigenvalue weighted by atomic mass is 35.5. The third-order valence-corrected chi connectivity index (χ3v) is 4.78. The molecule has 1 aromatic carbocycles. The summed E-state index contributed by atoms with van der Waals surface area (Å²) in [6.07, 6.45) is 3.10. The van der Waals surface area contributed by atoms with Crippen LogP contribution in [0.4, 0.5) is 5.69 Å². The first-order valence-electron chi connectivity index (χ1n) is 6.69. The van der Waals surface area contributed by atoms with Crippen LogP contribution in [0.25, 0.3) is 0 Å². The molecule has 2 saturated heterocycles. The van der Waals surface area contributed by atoms with E-state index in [4.69, 9.17) is 16.3 Å². The molecule has 2 bridgehead atoms. The van der Waals surface area contributed by atoms with Crippen molar-refractivity contribution in [1.29, 1.82) is 0 Å². The van der Waals surface area contributed by atoms with Crippen molar-refractivity contribution in [3.8, 4) is 0 Å². The molecule has 0 saturated carbocycles. The third kappa shape index (κ3) is 1.61. The molecule has 1 aromatic rings. The van der Waals surface area contributed by atoms with E-state index in [9.17, 15) is 14.7 Å². The van der Waals surface area contributed by atoms with Crippen molar-refractivity contribution in [3.63, 3.8) is 0 Å². The average molecular weight is 306 g/mol. The van der Waals surface area contributed by atoms with Gasteiger partial charge in [0, 0.05) is 10.7 Å². The molecule has 2 fully saturated rings. The second-order valence-corrected chi connectivity index (χ2v) is 6.08. The first-order chi connectivity index (χ1) is 10.0. The smallest absolute Gasteiger partial charge is 0.310 e. The summed E-state index contributed by atoms with van der Waals surface area (Å²) in [6, 6.07) is 6.92. The molecule has 3 aliphatic rings. The Morgan fingerprint density at radius 2 is 2.10 bits per heavy atom. The van der Waals surface area contributed by atoms with Gasteiger partial charge in [0.25, 0.3) is 0 Å². The molecule has 0 aromatic heterocycles. The molecule has 4 atom stereocenters. The van der Waals surface area contributed by atoms with Gasteiger partial charge in [-0.2, -0.15) is 0 Å². The highest BCUT2D eigenvalue weighted by Gasteiger charge is 2.67. The van der Waals surface area contributed by atoms with Crippen LogP contribution in [-0.2, 0) is 14.3 Å². The van der Waals surface area contributed by atoms with E-state index in [0.717, 1.165) is 0 Å². The lowest BCUT2D eigenvalue weighted by molar-refractivity contribution is -0.146. The van der Waals surface area contributed by atoms with Crippen molar-refractivity contribution >= 4 is 29.2 Å². The first-order valence-corrected chi connectivity index (χ1v) is 7.07. The highest BCUT2D eigenvalue weighted by Crippen LogP contribution is 2.52. The van der Waals surface area contributed by atoms with E-state index in [2.05, 4.69) is 0 Å². The van der Waals surface area contributed by atoms with Crippen molar-refractivity contribution < 1.29 is 19.4 Å². The Hall–Kier alpha value is -1.85. The molecule has 1 spiro atoms. The van der Waals surface area contributed by atoms with Gasteiger partial charge >= 0.3 is 5.97 Å². The number of hydrogen-bond acceptors (Lipinski definition) is 3. The summed E-state index contributed by atoms with van der Waals surface area (Å²) in [5.41, 5.74) is -0.0949. The van der Waals surface area contributed by atoms with Crippen LogP contribution in [0.1, 0.15) is 0 Å². The predicted octanol–water partition coefficient (Wildman–Crippen LogP) is 1.71. The number of carboxylic acids is 1. The van der Waals surface area contributed by atoms with Gasteiger partial charge in [0.1, 0.15) is 11.5 Å². The Bertz CT molecular complexity index is 671. The fourth-order valence-electron chi connectivity index (χ4n) is 3.62. The van der Waals surface area contributed by atoms with Gasteiger partial charge in [-0.1, -0.05) is 23.8 Å². The summed E-state index contributed by atoms with van der Waals surface area (Å²) >= 11 is 5.86. The second kappa shape index (κ2) is 4.08. The number of ether oxygens (including phenoxy) is 1. The molecule has 6 heteroatoms. The van der Waals surface area contributed by atoms with E-state index >= 15 is 0 Å². The normalized spacial score (nSPS) is 36.3. The number of halogens is 1. The van der Waals surface area contributed by atoms with Crippen molar-refractivity contribution in [2.75, 3.05) is 11.4 Å². The quantitative estimate of drug-likeness (QED) is 0.845. The van der Waals surface area contributed by atoms with E-state index < -0.39 is 29.5 Å². The molecule has 1 amide bonds. The Morgan fingerprint density at radius 1 is 1.38 bits per heavy atom. The van der Waals surface area contributed by atoms with Crippen molar-refractivity contribution in [3.05, 3.63) is 41.4 Å². The molecule has 108 valence electrons. The summed E-state index contributed by atoms with van der Waals surface area (Å²) in [6.45, 7) is 0.342. The van der Waals surface area contributed by atoms with Gasteiger partial charge in [-0.3, -0.25) is 9.59 Å². The van der Waals surface area contributed by atoms with E-state index in [1.807, 2.05) is 6.08 Å². The molecule has 5 nitrogen and oxygen atoms in total. The number of fused-ring (bicyclic) bond motifs is 1. The van der Waals surface area contributed by atoms with E-state index in [0.29, 0.717) is 17.3 Å². The Morgan fingerprint density at radius 3 is 2.76 bits per heavy atom. The molecular formula is C15H12ClNO4. The van der Waals surface area contributed by atoms with Crippen LogP contribution in [0.2, 0.25) is 5.02 Å². The number of carbonyl (C=O) groups excluding carboxylic acids is 1. The summed E-state index contributed by atoms with van der Waals surface area (Å²) in [7, 11) is 0. The largest absolute Gasteiger partial charge is 0.481 e. The summed E-state index contributed by atoms with van der Waals surface area (Å²) in [5.74, 6) is -2.64. The fraction of sp³-hybridized carbons (Fsp3) is 0.333. The maximum absolute atomic E-state index is 12.7. The Kier molecular flexibility index (Phi) is 2.50. The van der Waals surface area contributed by atoms with Crippen LogP contribution in [0.5, 0.6) is 0 Å². The summed E-state index contributed by atoms with van der Waals surface area (Å²) in [5, 5.41) is 9.98. The van der Waals surface area contributed by atoms with Crippen molar-refractivity contribution in [1.82, 2.24) is 0 Å². The molecule has 0 aliphatic carbocycles. The Labute approximate surface area is 125 Å². The minimum atomic E-state index is -0.984. The minimum Gasteiger partial charge on any atom is -0.481 e. The number of amides is 1. The molecular weight excluding hydrogens is 294 g/mol. The maximum Gasteiger partial charge on any atom is 0.310 e. The number of carbonyl (C=O) groups is 2. The average Bonchev–Trinajstić information content (AvgIpc) is 3.08. The minimum absolute atomic E-state index is 0.198. The van der Waals surface area contributed by atoms with Crippen LogP contribution in [0.3, 0.4) is 0 Å². The number of hydrogen-bond donors (Lipinski definition) is 1. The lowest BCUT2D eigenvalue weighted by atomic mass is 9.77. The molecule has 3 heterocycles. The van der Waals surface area contributed by atoms with Gasteiger partial charge in [0.2, 0.25) is 5.91 Å². The van der Waals surface area contributed by atoms with E-state index in [1.165, 1.54) is 0 Å². The first kappa shape index (κ1) is 12.9. The second-order valence-electron chi connectivity index (χ2n) is 5.64. The number of anilines is 1. The summed E-state index contributed by atoms with van der Waals surface area (Å²) in [4.78, 5) is 25.7. The van der Waals surface area contributed by atoms with E-state index in [1.54, 1.807) is 35.2 Å². The predicted molar refractivity (Wildman–Crippen MR) is 75.2 cm³/mol. The maximum atomic E-state index is 12.7. The van der Waals surface area contributed by atoms with Crippen molar-refractivity contribution in [2.24, 2.45) is 11.8 Å². The van der Waals surface area contributed by atoms with Gasteiger partial charge in [-0.15, -0.1) is 0 Å². The molecule has 3 aliphatic heterocycles. The van der Waals surface area contributed by atoms with Gasteiger partial charge in [-0.25, -0.2) is 0 Å². The van der Waals surface area contributed by atoms with Gasteiger partial charge in [-0.05, 0) is 24.3 Å². The van der Waals surface area contributed by atoms with Gasteiger partial charge in [0.05, 0.1) is 18.6 Å². The highest BCUT2D eigenvalue weighted by molar-refractivity contribution is 6.30. The standard InChI is InChI=1S/C15H12ClNO4/c16-8-1-3-9(4-2-8)17-7-15-6-5-10(21-15)11(14(19)20)12(15)13(17)18/h1-6,10-12H,7H2,(H,19,20)/t10-,11-,12+,15+/m0/s1. The number of nitrogens with zero attached hydrogens (tertiary/aromatic N) is 1. The van der Waals surface area contributed by atoms with Crippen LogP contribution >= 0.6 is 11.6 Å². The number of benzene rings is 1. The molecule has 4 rings (SSSR count). The zero-order valence-electron chi connectivity index (χ0n) is 10.9. The lowest BCUT2D eigenvalue weighted by Gasteiger charge is -2.21. The third-order valence-electron chi connectivity index (χ3n) is 4.52. The molecule has 1 N–H and O–H groups in total. The molecule has 21 heavy (non-hydrogen) atoms. The van der Waals surface area contributed by atoms with E-state index in [-0.39, 0.29) is 5.91 Å². The Balaban J connectivity index is 1.73. The number of carboxylic acid groups (broad SMARTS) is 1. The van der Waals surface area contributed by atoms with Crippen LogP contribution in [-0.4, -0.2) is 35.2 Å². The van der Waals surface area contributed by atoms with Gasteiger partial charge < -0.3 is 14.7 Å². The molecule has 0 radical (unpaired) electrons. The zero-order valence-corrected chi connectivity index (χ0v) is 11.7. The molecule has 0 unspecified atom stereocenters. The topological polar surface area (TPSA) is 66.8 Å². The van der Waals surface area contributed by atoms with Crippen LogP contribution in [0, 0.1) is 11.8 Å². The van der Waals surface area contributed by atoms with Crippen molar-refractivity contribution in [2.45, 2.75) is 11.7 Å².